The van der Waals surface area contributed by atoms with Crippen LogP contribution in [0.2, 0.25) is 0 Å². The van der Waals surface area contributed by atoms with Gasteiger partial charge in [0.25, 0.3) is 5.91 Å². The summed E-state index contributed by atoms with van der Waals surface area (Å²) in [5, 5.41) is 0. The van der Waals surface area contributed by atoms with Crippen LogP contribution in [0.25, 0.3) is 0 Å². The van der Waals surface area contributed by atoms with Crippen molar-refractivity contribution < 1.29 is 23.8 Å². The number of amides is 2. The number of hydrogen-bond donors (Lipinski definition) is 0. The van der Waals surface area contributed by atoms with E-state index in [1.165, 1.54) is 6.42 Å². The molecular formula is C28H36N2O5. The van der Waals surface area contributed by atoms with Gasteiger partial charge in [-0.25, -0.2) is 0 Å². The molecular weight excluding hydrogens is 444 g/mol. The monoisotopic (exact) mass is 480 g/mol. The van der Waals surface area contributed by atoms with Crippen LogP contribution in [0.1, 0.15) is 62.6 Å². The highest BCUT2D eigenvalue weighted by Gasteiger charge is 2.43. The third-order valence-corrected chi connectivity index (χ3v) is 6.92. The van der Waals surface area contributed by atoms with E-state index in [4.69, 9.17) is 14.2 Å². The number of nitrogens with zero attached hydrogens (tertiary/aromatic N) is 2. The summed E-state index contributed by atoms with van der Waals surface area (Å²) in [6.07, 6.45) is 6.17. The molecule has 2 aliphatic rings. The van der Waals surface area contributed by atoms with E-state index in [9.17, 15) is 9.59 Å². The van der Waals surface area contributed by atoms with E-state index in [2.05, 4.69) is 0 Å². The second-order valence-electron chi connectivity index (χ2n) is 9.29. The minimum Gasteiger partial charge on any atom is -0.497 e. The van der Waals surface area contributed by atoms with Crippen molar-refractivity contribution in [2.45, 2.75) is 64.1 Å². The summed E-state index contributed by atoms with van der Waals surface area (Å²) in [5.41, 5.74) is 1.64. The van der Waals surface area contributed by atoms with Gasteiger partial charge in [0.15, 0.2) is 11.5 Å². The molecule has 0 N–H and O–H groups in total. The molecule has 4 rings (SSSR count). The van der Waals surface area contributed by atoms with Crippen LogP contribution in [0.5, 0.6) is 17.2 Å². The Kier molecular flexibility index (Phi) is 8.16. The van der Waals surface area contributed by atoms with Gasteiger partial charge in [-0.3, -0.25) is 9.59 Å². The van der Waals surface area contributed by atoms with E-state index in [1.807, 2.05) is 54.3 Å². The number of rotatable bonds is 9. The molecule has 1 saturated carbocycles. The van der Waals surface area contributed by atoms with Crippen molar-refractivity contribution >= 4 is 11.8 Å². The molecule has 0 aromatic heterocycles. The Hall–Kier alpha value is -3.22. The zero-order chi connectivity index (χ0) is 24.8. The molecule has 1 atom stereocenters. The average molecular weight is 481 g/mol. The molecule has 1 heterocycles. The Morgan fingerprint density at radius 3 is 2.46 bits per heavy atom. The summed E-state index contributed by atoms with van der Waals surface area (Å²) in [6.45, 7) is 3.07. The summed E-state index contributed by atoms with van der Waals surface area (Å²) in [6, 6.07) is 12.6. The highest BCUT2D eigenvalue weighted by Crippen LogP contribution is 2.37. The fourth-order valence-corrected chi connectivity index (χ4v) is 5.11. The van der Waals surface area contributed by atoms with E-state index in [0.717, 1.165) is 49.0 Å². The van der Waals surface area contributed by atoms with Crippen LogP contribution in [-0.4, -0.2) is 55.0 Å². The molecule has 0 bridgehead atoms. The Morgan fingerprint density at radius 2 is 1.74 bits per heavy atom. The van der Waals surface area contributed by atoms with Gasteiger partial charge in [0, 0.05) is 12.6 Å². The summed E-state index contributed by atoms with van der Waals surface area (Å²) < 4.78 is 16.8. The smallest absolute Gasteiger partial charge is 0.250 e. The highest BCUT2D eigenvalue weighted by molar-refractivity contribution is 5.96. The zero-order valence-electron chi connectivity index (χ0n) is 21.0. The van der Waals surface area contributed by atoms with E-state index in [1.54, 1.807) is 19.1 Å². The first kappa shape index (κ1) is 24.9. The molecule has 188 valence electrons. The van der Waals surface area contributed by atoms with Gasteiger partial charge in [-0.05, 0) is 54.7 Å². The van der Waals surface area contributed by atoms with E-state index in [0.29, 0.717) is 24.7 Å². The molecule has 1 saturated heterocycles. The molecule has 0 spiro atoms. The average Bonchev–Trinajstić information content (AvgIpc) is 2.90. The normalized spacial score (nSPS) is 19.1. The van der Waals surface area contributed by atoms with Crippen LogP contribution in [-0.2, 0) is 16.1 Å². The van der Waals surface area contributed by atoms with Crippen molar-refractivity contribution in [3.8, 4) is 17.2 Å². The third-order valence-electron chi connectivity index (χ3n) is 6.92. The second kappa shape index (κ2) is 11.5. The number of carbonyl (C=O) groups excluding carboxylic acids is 2. The number of methoxy groups -OCH3 is 2. The number of benzene rings is 2. The number of hydrogen-bond acceptors (Lipinski definition) is 5. The molecule has 0 unspecified atom stereocenters. The van der Waals surface area contributed by atoms with Crippen LogP contribution in [0.3, 0.4) is 0 Å². The van der Waals surface area contributed by atoms with Gasteiger partial charge in [0.1, 0.15) is 18.3 Å². The molecule has 2 amide bonds. The third kappa shape index (κ3) is 5.55. The Balaban J connectivity index is 1.70. The van der Waals surface area contributed by atoms with Gasteiger partial charge in [0.2, 0.25) is 5.91 Å². The van der Waals surface area contributed by atoms with Gasteiger partial charge in [-0.1, -0.05) is 44.4 Å². The SMILES string of the molecule is CCCOc1ccc([C@@H]2C(=O)N(C3CCCCC3)CC(=O)N2Cc2cccc(OC)c2)cc1OC. The highest BCUT2D eigenvalue weighted by atomic mass is 16.5. The lowest BCUT2D eigenvalue weighted by Gasteiger charge is -2.44. The lowest BCUT2D eigenvalue weighted by Crippen LogP contribution is -2.58. The molecule has 2 fully saturated rings. The van der Waals surface area contributed by atoms with E-state index >= 15 is 0 Å². The van der Waals surface area contributed by atoms with Crippen LogP contribution in [0, 0.1) is 0 Å². The second-order valence-corrected chi connectivity index (χ2v) is 9.29. The summed E-state index contributed by atoms with van der Waals surface area (Å²) in [5.74, 6) is 1.85. The lowest BCUT2D eigenvalue weighted by molar-refractivity contribution is -0.160. The first-order valence-corrected chi connectivity index (χ1v) is 12.6. The molecule has 7 heteroatoms. The fourth-order valence-electron chi connectivity index (χ4n) is 5.11. The molecule has 2 aromatic rings. The molecule has 7 nitrogen and oxygen atoms in total. The summed E-state index contributed by atoms with van der Waals surface area (Å²) >= 11 is 0. The molecule has 2 aromatic carbocycles. The zero-order valence-corrected chi connectivity index (χ0v) is 21.0. The van der Waals surface area contributed by atoms with Crippen LogP contribution in [0.4, 0.5) is 0 Å². The first-order valence-electron chi connectivity index (χ1n) is 12.6. The molecule has 1 aliphatic carbocycles. The van der Waals surface area contributed by atoms with E-state index < -0.39 is 6.04 Å². The maximum Gasteiger partial charge on any atom is 0.250 e. The predicted molar refractivity (Wildman–Crippen MR) is 134 cm³/mol. The van der Waals surface area contributed by atoms with Crippen molar-refractivity contribution in [3.63, 3.8) is 0 Å². The Morgan fingerprint density at radius 1 is 0.943 bits per heavy atom. The van der Waals surface area contributed by atoms with Gasteiger partial charge < -0.3 is 24.0 Å². The van der Waals surface area contributed by atoms with Crippen molar-refractivity contribution in [1.82, 2.24) is 9.80 Å². The quantitative estimate of drug-likeness (QED) is 0.519. The Bertz CT molecular complexity index is 1030. The van der Waals surface area contributed by atoms with Crippen LogP contribution >= 0.6 is 0 Å². The van der Waals surface area contributed by atoms with Gasteiger partial charge in [0.05, 0.1) is 20.8 Å². The van der Waals surface area contributed by atoms with Gasteiger partial charge >= 0.3 is 0 Å². The predicted octanol–water partition coefficient (Wildman–Crippen LogP) is 4.74. The Labute approximate surface area is 207 Å². The largest absolute Gasteiger partial charge is 0.497 e. The number of carbonyl (C=O) groups is 2. The molecule has 35 heavy (non-hydrogen) atoms. The molecule has 0 radical (unpaired) electrons. The van der Waals surface area contributed by atoms with Crippen molar-refractivity contribution in [2.75, 3.05) is 27.4 Å². The topological polar surface area (TPSA) is 68.3 Å². The standard InChI is InChI=1S/C28H36N2O5/c1-4-15-35-24-14-13-21(17-25(24)34-3)27-28(32)29(22-10-6-5-7-11-22)19-26(31)30(27)18-20-9-8-12-23(16-20)33-2/h8-9,12-14,16-17,22,27H,4-7,10-11,15,18-19H2,1-3H3/t27-/m1/s1. The van der Waals surface area contributed by atoms with Gasteiger partial charge in [-0.2, -0.15) is 0 Å². The number of piperazine rings is 1. The van der Waals surface area contributed by atoms with Crippen LogP contribution in [0.15, 0.2) is 42.5 Å². The summed E-state index contributed by atoms with van der Waals surface area (Å²) in [7, 11) is 3.21. The van der Waals surface area contributed by atoms with Crippen molar-refractivity contribution in [2.24, 2.45) is 0 Å². The first-order chi connectivity index (χ1) is 17.0. The maximum absolute atomic E-state index is 14.0. The molecule has 1 aliphatic heterocycles. The van der Waals surface area contributed by atoms with Crippen LogP contribution < -0.4 is 14.2 Å². The fraction of sp³-hybridized carbons (Fsp3) is 0.500. The minimum absolute atomic E-state index is 0.0244. The lowest BCUT2D eigenvalue weighted by atomic mass is 9.91. The number of ether oxygens (including phenoxy) is 3. The van der Waals surface area contributed by atoms with Gasteiger partial charge in [-0.15, -0.1) is 0 Å². The maximum atomic E-state index is 14.0. The minimum atomic E-state index is -0.724. The summed E-state index contributed by atoms with van der Waals surface area (Å²) in [4.78, 5) is 31.0. The van der Waals surface area contributed by atoms with Crippen molar-refractivity contribution in [3.05, 3.63) is 53.6 Å². The van der Waals surface area contributed by atoms with E-state index in [-0.39, 0.29) is 24.4 Å². The van der Waals surface area contributed by atoms with Crippen molar-refractivity contribution in [1.29, 1.82) is 0 Å².